The van der Waals surface area contributed by atoms with Gasteiger partial charge in [-0.05, 0) is 53.8 Å². The second-order valence-corrected chi connectivity index (χ2v) is 8.31. The van der Waals surface area contributed by atoms with Gasteiger partial charge in [-0.2, -0.15) is 0 Å². The molecule has 1 heterocycles. The Morgan fingerprint density at radius 3 is 2.79 bits per heavy atom. The zero-order valence-corrected chi connectivity index (χ0v) is 17.1. The van der Waals surface area contributed by atoms with E-state index in [1.807, 2.05) is 23.1 Å². The van der Waals surface area contributed by atoms with E-state index in [4.69, 9.17) is 4.99 Å². The summed E-state index contributed by atoms with van der Waals surface area (Å²) < 4.78 is 0. The average Bonchev–Trinajstić information content (AvgIpc) is 2.71. The maximum Gasteiger partial charge on any atom is 0.232 e. The number of carbonyl (C=O) groups is 1. The number of aliphatic imine (C=N–C) groups is 1. The molecule has 0 radical (unpaired) electrons. The Morgan fingerprint density at radius 2 is 1.89 bits per heavy atom. The van der Waals surface area contributed by atoms with Gasteiger partial charge >= 0.3 is 0 Å². The van der Waals surface area contributed by atoms with Gasteiger partial charge in [0.15, 0.2) is 5.17 Å². The lowest BCUT2D eigenvalue weighted by Crippen LogP contribution is -2.40. The summed E-state index contributed by atoms with van der Waals surface area (Å²) in [6.07, 6.45) is 1.39. The Kier molecular flexibility index (Phi) is 5.49. The molecule has 1 fully saturated rings. The number of aryl methyl sites for hydroxylation is 2. The van der Waals surface area contributed by atoms with Gasteiger partial charge in [0.1, 0.15) is 0 Å². The van der Waals surface area contributed by atoms with Crippen LogP contribution in [0.4, 0.5) is 5.69 Å². The van der Waals surface area contributed by atoms with Crippen molar-refractivity contribution >= 4 is 39.3 Å². The third-order valence-corrected chi connectivity index (χ3v) is 6.15. The Balaban J connectivity index is 1.63. The monoisotopic (exact) mass is 388 g/mol. The third-order valence-electron chi connectivity index (χ3n) is 5.09. The summed E-state index contributed by atoms with van der Waals surface area (Å²) in [6, 6.07) is 20.7. The summed E-state index contributed by atoms with van der Waals surface area (Å²) in [5, 5.41) is 3.14. The number of hydrogen-bond donors (Lipinski definition) is 0. The summed E-state index contributed by atoms with van der Waals surface area (Å²) in [4.78, 5) is 19.9. The number of carbonyl (C=O) groups excluding carboxylic acids is 1. The highest BCUT2D eigenvalue weighted by molar-refractivity contribution is 8.13. The maximum absolute atomic E-state index is 13.2. The molecule has 4 rings (SSSR count). The number of rotatable bonds is 3. The smallest absolute Gasteiger partial charge is 0.232 e. The standard InChI is InChI=1S/C24H24N2OS/c1-17-11-12-18(2)22(15-17)25-24-26(13-6-14-28-24)23(27)16-20-9-5-8-19-7-3-4-10-21(19)20/h3-5,7-12,15H,6,13-14,16H2,1-2H3. The highest BCUT2D eigenvalue weighted by Crippen LogP contribution is 2.27. The fourth-order valence-electron chi connectivity index (χ4n) is 3.53. The zero-order valence-electron chi connectivity index (χ0n) is 16.3. The molecule has 3 aromatic rings. The first kappa shape index (κ1) is 18.8. The molecule has 1 aliphatic heterocycles. The lowest BCUT2D eigenvalue weighted by atomic mass is 10.0. The lowest BCUT2D eigenvalue weighted by Gasteiger charge is -2.28. The van der Waals surface area contributed by atoms with Crippen LogP contribution in [0.25, 0.3) is 10.8 Å². The van der Waals surface area contributed by atoms with E-state index in [1.54, 1.807) is 11.8 Å². The van der Waals surface area contributed by atoms with Crippen LogP contribution < -0.4 is 0 Å². The van der Waals surface area contributed by atoms with Crippen molar-refractivity contribution in [1.29, 1.82) is 0 Å². The first-order chi connectivity index (χ1) is 13.6. The number of nitrogens with zero attached hydrogens (tertiary/aromatic N) is 2. The minimum atomic E-state index is 0.118. The van der Waals surface area contributed by atoms with Crippen LogP contribution in [0.2, 0.25) is 0 Å². The molecule has 3 aromatic carbocycles. The molecule has 0 aromatic heterocycles. The molecule has 1 amide bonds. The van der Waals surface area contributed by atoms with E-state index in [0.717, 1.165) is 46.1 Å². The average molecular weight is 389 g/mol. The van der Waals surface area contributed by atoms with E-state index < -0.39 is 0 Å². The second-order valence-electron chi connectivity index (χ2n) is 7.25. The second kappa shape index (κ2) is 8.19. The number of benzene rings is 3. The molecule has 0 saturated carbocycles. The quantitative estimate of drug-likeness (QED) is 0.580. The van der Waals surface area contributed by atoms with Gasteiger partial charge in [-0.3, -0.25) is 9.69 Å². The summed E-state index contributed by atoms with van der Waals surface area (Å²) in [7, 11) is 0. The first-order valence-electron chi connectivity index (χ1n) is 9.67. The van der Waals surface area contributed by atoms with Crippen molar-refractivity contribution in [3.8, 4) is 0 Å². The molecule has 0 atom stereocenters. The first-order valence-corrected chi connectivity index (χ1v) is 10.7. The molecule has 0 unspecified atom stereocenters. The van der Waals surface area contributed by atoms with Gasteiger partial charge in [-0.15, -0.1) is 0 Å². The van der Waals surface area contributed by atoms with E-state index in [9.17, 15) is 4.79 Å². The Labute approximate surface area is 170 Å². The molecule has 28 heavy (non-hydrogen) atoms. The molecule has 0 bridgehead atoms. The normalized spacial score (nSPS) is 15.9. The van der Waals surface area contributed by atoms with E-state index in [2.05, 4.69) is 56.3 Å². The minimum absolute atomic E-state index is 0.118. The van der Waals surface area contributed by atoms with Crippen LogP contribution >= 0.6 is 11.8 Å². The van der Waals surface area contributed by atoms with Gasteiger partial charge in [-0.1, -0.05) is 66.4 Å². The SMILES string of the molecule is Cc1ccc(C)c(N=C2SCCCN2C(=O)Cc2cccc3ccccc23)c1. The number of thioether (sulfide) groups is 1. The van der Waals surface area contributed by atoms with E-state index in [1.165, 1.54) is 10.9 Å². The van der Waals surface area contributed by atoms with Gasteiger partial charge in [0.25, 0.3) is 0 Å². The highest BCUT2D eigenvalue weighted by Gasteiger charge is 2.24. The van der Waals surface area contributed by atoms with Crippen molar-refractivity contribution in [3.05, 3.63) is 77.4 Å². The van der Waals surface area contributed by atoms with Crippen LogP contribution in [0.15, 0.2) is 65.7 Å². The van der Waals surface area contributed by atoms with Crippen molar-refractivity contribution in [3.63, 3.8) is 0 Å². The predicted molar refractivity (Wildman–Crippen MR) is 119 cm³/mol. The molecular formula is C24H24N2OS. The molecule has 0 N–H and O–H groups in total. The topological polar surface area (TPSA) is 32.7 Å². The third kappa shape index (κ3) is 3.97. The Hall–Kier alpha value is -2.59. The molecule has 3 nitrogen and oxygen atoms in total. The zero-order chi connectivity index (χ0) is 19.5. The molecule has 1 saturated heterocycles. The number of amides is 1. The largest absolute Gasteiger partial charge is 0.291 e. The van der Waals surface area contributed by atoms with Gasteiger partial charge in [0.2, 0.25) is 5.91 Å². The van der Waals surface area contributed by atoms with E-state index in [0.29, 0.717) is 6.42 Å². The summed E-state index contributed by atoms with van der Waals surface area (Å²) in [5.41, 5.74) is 4.34. The molecule has 142 valence electrons. The van der Waals surface area contributed by atoms with Crippen LogP contribution in [0, 0.1) is 13.8 Å². The summed E-state index contributed by atoms with van der Waals surface area (Å²) >= 11 is 1.68. The molecule has 0 aliphatic carbocycles. The van der Waals surface area contributed by atoms with Gasteiger partial charge in [-0.25, -0.2) is 4.99 Å². The maximum atomic E-state index is 13.2. The predicted octanol–water partition coefficient (Wildman–Crippen LogP) is 5.65. The Morgan fingerprint density at radius 1 is 1.07 bits per heavy atom. The molecule has 4 heteroatoms. The van der Waals surface area contributed by atoms with Crippen LogP contribution in [-0.2, 0) is 11.2 Å². The lowest BCUT2D eigenvalue weighted by molar-refractivity contribution is -0.126. The van der Waals surface area contributed by atoms with Crippen LogP contribution in [-0.4, -0.2) is 28.3 Å². The van der Waals surface area contributed by atoms with E-state index in [-0.39, 0.29) is 5.91 Å². The van der Waals surface area contributed by atoms with Crippen molar-refractivity contribution in [2.45, 2.75) is 26.7 Å². The molecule has 1 aliphatic rings. The van der Waals surface area contributed by atoms with Crippen LogP contribution in [0.5, 0.6) is 0 Å². The van der Waals surface area contributed by atoms with Gasteiger partial charge in [0, 0.05) is 12.3 Å². The van der Waals surface area contributed by atoms with Gasteiger partial charge < -0.3 is 0 Å². The fourth-order valence-corrected chi connectivity index (χ4v) is 4.50. The van der Waals surface area contributed by atoms with Crippen molar-refractivity contribution < 1.29 is 4.79 Å². The molecular weight excluding hydrogens is 364 g/mol. The summed E-state index contributed by atoms with van der Waals surface area (Å²) in [6.45, 7) is 4.87. The van der Waals surface area contributed by atoms with E-state index >= 15 is 0 Å². The van der Waals surface area contributed by atoms with Crippen LogP contribution in [0.3, 0.4) is 0 Å². The van der Waals surface area contributed by atoms with Crippen LogP contribution in [0.1, 0.15) is 23.1 Å². The highest BCUT2D eigenvalue weighted by atomic mass is 32.2. The summed E-state index contributed by atoms with van der Waals surface area (Å²) in [5.74, 6) is 1.12. The van der Waals surface area contributed by atoms with Crippen molar-refractivity contribution in [2.24, 2.45) is 4.99 Å². The van der Waals surface area contributed by atoms with Crippen molar-refractivity contribution in [1.82, 2.24) is 4.90 Å². The Bertz CT molecular complexity index is 1050. The molecule has 0 spiro atoms. The number of hydrogen-bond acceptors (Lipinski definition) is 3. The fraction of sp³-hybridized carbons (Fsp3) is 0.250. The van der Waals surface area contributed by atoms with Gasteiger partial charge in [0.05, 0.1) is 12.1 Å². The number of amidine groups is 1. The number of fused-ring (bicyclic) bond motifs is 1. The van der Waals surface area contributed by atoms with Crippen molar-refractivity contribution in [2.75, 3.05) is 12.3 Å². The minimum Gasteiger partial charge on any atom is -0.291 e.